The third-order valence-electron chi connectivity index (χ3n) is 2.79. The zero-order chi connectivity index (χ0) is 12.1. The molecule has 90 valence electrons. The lowest BCUT2D eigenvalue weighted by Gasteiger charge is -2.01. The van der Waals surface area contributed by atoms with E-state index in [1.807, 2.05) is 24.5 Å². The molecular formula is C14H17NO2. The molecule has 2 aromatic rings. The Morgan fingerprint density at radius 3 is 2.94 bits per heavy atom. The van der Waals surface area contributed by atoms with Gasteiger partial charge in [-0.25, -0.2) is 0 Å². The Morgan fingerprint density at radius 1 is 1.29 bits per heavy atom. The van der Waals surface area contributed by atoms with Crippen LogP contribution in [0, 0.1) is 0 Å². The molecule has 0 radical (unpaired) electrons. The monoisotopic (exact) mass is 231 g/mol. The molecule has 3 nitrogen and oxygen atoms in total. The zero-order valence-corrected chi connectivity index (χ0v) is 10.0. The lowest BCUT2D eigenvalue weighted by molar-refractivity contribution is -0.116. The highest BCUT2D eigenvalue weighted by molar-refractivity contribution is 5.80. The van der Waals surface area contributed by atoms with Gasteiger partial charge in [-0.2, -0.15) is 0 Å². The second kappa shape index (κ2) is 5.64. The molecule has 0 saturated carbocycles. The van der Waals surface area contributed by atoms with Gasteiger partial charge in [0, 0.05) is 18.4 Å². The van der Waals surface area contributed by atoms with Gasteiger partial charge < -0.3 is 9.73 Å². The van der Waals surface area contributed by atoms with Gasteiger partial charge in [-0.1, -0.05) is 18.2 Å². The number of Topliss-reactive ketones (excluding diaryl/α,β-unsaturated/α-hetero) is 1. The molecule has 0 aliphatic heterocycles. The van der Waals surface area contributed by atoms with Gasteiger partial charge in [-0.3, -0.25) is 4.79 Å². The predicted octanol–water partition coefficient (Wildman–Crippen LogP) is 2.54. The van der Waals surface area contributed by atoms with Crippen LogP contribution in [-0.2, 0) is 11.2 Å². The van der Waals surface area contributed by atoms with Gasteiger partial charge in [0.1, 0.15) is 11.4 Å². The predicted molar refractivity (Wildman–Crippen MR) is 68.1 cm³/mol. The van der Waals surface area contributed by atoms with Crippen molar-refractivity contribution in [2.75, 3.05) is 13.1 Å². The number of furan rings is 1. The van der Waals surface area contributed by atoms with Crippen molar-refractivity contribution in [3.63, 3.8) is 0 Å². The minimum absolute atomic E-state index is 0.228. The van der Waals surface area contributed by atoms with Gasteiger partial charge in [0.15, 0.2) is 0 Å². The van der Waals surface area contributed by atoms with Crippen LogP contribution in [0.5, 0.6) is 0 Å². The number of hydrogen-bond acceptors (Lipinski definition) is 3. The van der Waals surface area contributed by atoms with Gasteiger partial charge in [0.05, 0.1) is 6.26 Å². The molecule has 17 heavy (non-hydrogen) atoms. The average molecular weight is 231 g/mol. The first-order valence-electron chi connectivity index (χ1n) is 5.92. The standard InChI is InChI=1S/C14H17NO2/c1-11(16)6-8-15-9-7-12-10-17-14-5-3-2-4-13(12)14/h2-5,10,15H,6-9H2,1H3. The van der Waals surface area contributed by atoms with E-state index in [1.54, 1.807) is 6.92 Å². The number of rotatable bonds is 6. The van der Waals surface area contributed by atoms with Crippen LogP contribution in [0.4, 0.5) is 0 Å². The summed E-state index contributed by atoms with van der Waals surface area (Å²) in [5.74, 6) is 0.228. The first-order valence-corrected chi connectivity index (χ1v) is 5.92. The van der Waals surface area contributed by atoms with Gasteiger partial charge in [-0.15, -0.1) is 0 Å². The molecule has 1 aromatic heterocycles. The fraction of sp³-hybridized carbons (Fsp3) is 0.357. The summed E-state index contributed by atoms with van der Waals surface area (Å²) in [6, 6.07) is 8.04. The molecular weight excluding hydrogens is 214 g/mol. The molecule has 1 N–H and O–H groups in total. The highest BCUT2D eigenvalue weighted by Gasteiger charge is 2.04. The second-order valence-corrected chi connectivity index (χ2v) is 4.21. The van der Waals surface area contributed by atoms with E-state index in [0.29, 0.717) is 6.42 Å². The minimum Gasteiger partial charge on any atom is -0.464 e. The van der Waals surface area contributed by atoms with Crippen molar-refractivity contribution in [1.29, 1.82) is 0 Å². The number of hydrogen-bond donors (Lipinski definition) is 1. The lowest BCUT2D eigenvalue weighted by atomic mass is 10.1. The number of nitrogens with one attached hydrogen (secondary N) is 1. The van der Waals surface area contributed by atoms with Gasteiger partial charge >= 0.3 is 0 Å². The number of carbonyl (C=O) groups excluding carboxylic acids is 1. The molecule has 0 aliphatic carbocycles. The number of benzene rings is 1. The topological polar surface area (TPSA) is 42.2 Å². The molecule has 0 bridgehead atoms. The Labute approximate surface area is 101 Å². The fourth-order valence-electron chi connectivity index (χ4n) is 1.84. The van der Waals surface area contributed by atoms with E-state index in [-0.39, 0.29) is 5.78 Å². The first kappa shape index (κ1) is 11.9. The maximum Gasteiger partial charge on any atom is 0.134 e. The van der Waals surface area contributed by atoms with E-state index in [4.69, 9.17) is 4.42 Å². The number of fused-ring (bicyclic) bond motifs is 1. The van der Waals surface area contributed by atoms with Crippen LogP contribution in [0.1, 0.15) is 18.9 Å². The van der Waals surface area contributed by atoms with E-state index in [9.17, 15) is 4.79 Å². The van der Waals surface area contributed by atoms with E-state index < -0.39 is 0 Å². The van der Waals surface area contributed by atoms with Crippen molar-refractivity contribution in [3.8, 4) is 0 Å². The Bertz CT molecular complexity index is 502. The Morgan fingerprint density at radius 2 is 2.12 bits per heavy atom. The first-order chi connectivity index (χ1) is 8.27. The summed E-state index contributed by atoms with van der Waals surface area (Å²) < 4.78 is 5.46. The van der Waals surface area contributed by atoms with Crippen molar-refractivity contribution in [3.05, 3.63) is 36.1 Å². The normalized spacial score (nSPS) is 10.9. The minimum atomic E-state index is 0.228. The molecule has 0 unspecified atom stereocenters. The summed E-state index contributed by atoms with van der Waals surface area (Å²) in [6.45, 7) is 3.24. The smallest absolute Gasteiger partial charge is 0.134 e. The zero-order valence-electron chi connectivity index (χ0n) is 10.0. The molecule has 0 atom stereocenters. The molecule has 1 aromatic carbocycles. The van der Waals surface area contributed by atoms with Crippen molar-refractivity contribution < 1.29 is 9.21 Å². The highest BCUT2D eigenvalue weighted by atomic mass is 16.3. The molecule has 0 spiro atoms. The summed E-state index contributed by atoms with van der Waals surface area (Å²) >= 11 is 0. The highest BCUT2D eigenvalue weighted by Crippen LogP contribution is 2.20. The fourth-order valence-corrected chi connectivity index (χ4v) is 1.84. The maximum absolute atomic E-state index is 10.8. The quantitative estimate of drug-likeness (QED) is 0.777. The molecule has 0 aliphatic rings. The molecule has 3 heteroatoms. The third-order valence-corrected chi connectivity index (χ3v) is 2.79. The molecule has 1 heterocycles. The lowest BCUT2D eigenvalue weighted by Crippen LogP contribution is -2.20. The number of para-hydroxylation sites is 1. The molecule has 0 saturated heterocycles. The van der Waals surface area contributed by atoms with E-state index in [0.717, 1.165) is 25.1 Å². The van der Waals surface area contributed by atoms with E-state index in [1.165, 1.54) is 10.9 Å². The maximum atomic E-state index is 10.8. The largest absolute Gasteiger partial charge is 0.464 e. The van der Waals surface area contributed by atoms with Crippen LogP contribution in [0.3, 0.4) is 0 Å². The van der Waals surface area contributed by atoms with Gasteiger partial charge in [0.25, 0.3) is 0 Å². The summed E-state index contributed by atoms with van der Waals surface area (Å²) in [5, 5.41) is 4.44. The van der Waals surface area contributed by atoms with Gasteiger partial charge in [-0.05, 0) is 31.5 Å². The van der Waals surface area contributed by atoms with E-state index in [2.05, 4.69) is 11.4 Å². The van der Waals surface area contributed by atoms with Crippen molar-refractivity contribution in [2.45, 2.75) is 19.8 Å². The Hall–Kier alpha value is -1.61. The van der Waals surface area contributed by atoms with Crippen LogP contribution in [0.15, 0.2) is 34.9 Å². The molecule has 0 fully saturated rings. The van der Waals surface area contributed by atoms with Crippen LogP contribution < -0.4 is 5.32 Å². The van der Waals surface area contributed by atoms with Crippen molar-refractivity contribution >= 4 is 16.8 Å². The summed E-state index contributed by atoms with van der Waals surface area (Å²) in [4.78, 5) is 10.8. The molecule has 2 rings (SSSR count). The summed E-state index contributed by atoms with van der Waals surface area (Å²) in [6.07, 6.45) is 3.35. The average Bonchev–Trinajstić information content (AvgIpc) is 2.72. The number of carbonyl (C=O) groups is 1. The summed E-state index contributed by atoms with van der Waals surface area (Å²) in [5.41, 5.74) is 2.15. The second-order valence-electron chi connectivity index (χ2n) is 4.21. The third kappa shape index (κ3) is 3.17. The van der Waals surface area contributed by atoms with Crippen molar-refractivity contribution in [1.82, 2.24) is 5.32 Å². The van der Waals surface area contributed by atoms with E-state index >= 15 is 0 Å². The van der Waals surface area contributed by atoms with Crippen LogP contribution in [0.2, 0.25) is 0 Å². The van der Waals surface area contributed by atoms with Crippen molar-refractivity contribution in [2.24, 2.45) is 0 Å². The number of ketones is 1. The Balaban J connectivity index is 1.85. The van der Waals surface area contributed by atoms with Crippen LogP contribution in [-0.4, -0.2) is 18.9 Å². The van der Waals surface area contributed by atoms with Gasteiger partial charge in [0.2, 0.25) is 0 Å². The molecule has 0 amide bonds. The Kier molecular flexibility index (Phi) is 3.94. The SMILES string of the molecule is CC(=O)CCNCCc1coc2ccccc12. The van der Waals surface area contributed by atoms with Crippen LogP contribution >= 0.6 is 0 Å². The summed E-state index contributed by atoms with van der Waals surface area (Å²) in [7, 11) is 0. The van der Waals surface area contributed by atoms with Crippen LogP contribution in [0.25, 0.3) is 11.0 Å².